The summed E-state index contributed by atoms with van der Waals surface area (Å²) in [5.74, 6) is -4.01. The number of hydrogen-bond acceptors (Lipinski definition) is 8. The van der Waals surface area contributed by atoms with Gasteiger partial charge in [-0.05, 0) is 98.5 Å². The molecule has 6 atom stereocenters. The molecule has 0 spiro atoms. The van der Waals surface area contributed by atoms with Crippen molar-refractivity contribution < 1.29 is 41.6 Å². The summed E-state index contributed by atoms with van der Waals surface area (Å²) in [6.45, 7) is 0. The lowest BCUT2D eigenvalue weighted by molar-refractivity contribution is -0.149. The predicted octanol–water partition coefficient (Wildman–Crippen LogP) is 4.84. The van der Waals surface area contributed by atoms with Crippen LogP contribution in [0.5, 0.6) is 5.75 Å². The molecule has 2 bridgehead atoms. The first-order valence-corrected chi connectivity index (χ1v) is 16.4. The number of esters is 3. The number of ether oxygens (including phenoxy) is 3. The van der Waals surface area contributed by atoms with E-state index < -0.39 is 58.0 Å². The van der Waals surface area contributed by atoms with Crippen LogP contribution in [0.3, 0.4) is 0 Å². The molecule has 3 aromatic carbocycles. The molecule has 6 rings (SSSR count). The Kier molecular flexibility index (Phi) is 7.12. The van der Waals surface area contributed by atoms with Crippen molar-refractivity contribution in [2.45, 2.75) is 23.5 Å². The van der Waals surface area contributed by atoms with Crippen molar-refractivity contribution in [3.05, 3.63) is 64.8 Å². The Morgan fingerprint density at radius 1 is 1.00 bits per heavy atom. The van der Waals surface area contributed by atoms with Crippen LogP contribution < -0.4 is 4.74 Å². The molecule has 2 saturated carbocycles. The van der Waals surface area contributed by atoms with Crippen molar-refractivity contribution in [3.63, 3.8) is 0 Å². The van der Waals surface area contributed by atoms with Crippen LogP contribution in [0.25, 0.3) is 10.8 Å². The summed E-state index contributed by atoms with van der Waals surface area (Å²) >= 11 is 6.36. The first-order chi connectivity index (χ1) is 18.5. The fourth-order valence-electron chi connectivity index (χ4n) is 6.09. The number of carbonyl (C=O) groups excluding carboxylic acids is 3. The third-order valence-corrected chi connectivity index (χ3v) is 12.2. The molecule has 1 heterocycles. The highest BCUT2D eigenvalue weighted by molar-refractivity contribution is 14.1. The van der Waals surface area contributed by atoms with Crippen molar-refractivity contribution in [1.82, 2.24) is 0 Å². The Morgan fingerprint density at radius 3 is 2.44 bits per heavy atom. The molecule has 3 aliphatic rings. The molecular formula is C26H17I3O9S. The maximum atomic E-state index is 13.6. The van der Waals surface area contributed by atoms with E-state index >= 15 is 0 Å². The molecule has 6 unspecified atom stereocenters. The van der Waals surface area contributed by atoms with Crippen LogP contribution in [0.2, 0.25) is 0 Å². The number of benzene rings is 3. The highest BCUT2D eigenvalue weighted by Crippen LogP contribution is 2.59. The van der Waals surface area contributed by atoms with Gasteiger partial charge in [0.2, 0.25) is 0 Å². The van der Waals surface area contributed by atoms with Gasteiger partial charge in [0.1, 0.15) is 22.9 Å². The SMILES string of the molecule is O=C(OC1C2CC3C1OC(=O)C3C2C(=O)Oc1ccc(S(=O)(=O)O)c2ccccc12)c1cc(I)cc(I)c1I. The molecule has 1 aliphatic heterocycles. The zero-order valence-corrected chi connectivity index (χ0v) is 26.8. The predicted molar refractivity (Wildman–Crippen MR) is 162 cm³/mol. The zero-order valence-electron chi connectivity index (χ0n) is 19.5. The van der Waals surface area contributed by atoms with Crippen molar-refractivity contribution in [3.8, 4) is 5.75 Å². The number of hydrogen-bond donors (Lipinski definition) is 1. The van der Waals surface area contributed by atoms with E-state index in [0.29, 0.717) is 17.4 Å². The van der Waals surface area contributed by atoms with Crippen molar-refractivity contribution >= 4 is 107 Å². The van der Waals surface area contributed by atoms with E-state index in [1.54, 1.807) is 24.3 Å². The van der Waals surface area contributed by atoms with Gasteiger partial charge in [-0.3, -0.25) is 14.1 Å². The van der Waals surface area contributed by atoms with Gasteiger partial charge in [0.15, 0.2) is 0 Å². The fraction of sp³-hybridized carbons (Fsp3) is 0.269. The maximum Gasteiger partial charge on any atom is 0.339 e. The summed E-state index contributed by atoms with van der Waals surface area (Å²) in [6.07, 6.45) is -0.940. The standard InChI is InChI=1S/C26H17I3O9S/c27-10-7-15(21(29)16(28)8-10)24(30)37-22-13-9-14-20(26(32)38-23(14)22)19(13)25(31)36-17-5-6-18(39(33,34)35)12-4-2-1-3-11(12)17/h1-8,13-14,19-20,22-23H,9H2,(H,33,34,35). The van der Waals surface area contributed by atoms with Crippen LogP contribution >= 0.6 is 67.8 Å². The molecule has 13 heteroatoms. The van der Waals surface area contributed by atoms with E-state index in [-0.39, 0.29) is 21.9 Å². The van der Waals surface area contributed by atoms with E-state index in [9.17, 15) is 27.4 Å². The van der Waals surface area contributed by atoms with Crippen molar-refractivity contribution in [1.29, 1.82) is 0 Å². The highest BCUT2D eigenvalue weighted by Gasteiger charge is 2.70. The lowest BCUT2D eigenvalue weighted by Crippen LogP contribution is -2.44. The smallest absolute Gasteiger partial charge is 0.339 e. The van der Waals surface area contributed by atoms with Gasteiger partial charge in [-0.1, -0.05) is 24.3 Å². The minimum Gasteiger partial charge on any atom is -0.458 e. The molecule has 0 amide bonds. The van der Waals surface area contributed by atoms with Crippen LogP contribution in [-0.2, 0) is 29.2 Å². The Balaban J connectivity index is 1.30. The van der Waals surface area contributed by atoms with E-state index in [4.69, 9.17) is 14.2 Å². The Bertz CT molecular complexity index is 1690. The first kappa shape index (κ1) is 27.6. The molecule has 202 valence electrons. The van der Waals surface area contributed by atoms with Gasteiger partial charge in [-0.2, -0.15) is 8.42 Å². The molecule has 0 aromatic heterocycles. The van der Waals surface area contributed by atoms with Crippen LogP contribution in [0, 0.1) is 34.4 Å². The highest BCUT2D eigenvalue weighted by atomic mass is 127. The van der Waals surface area contributed by atoms with Crippen LogP contribution in [0.4, 0.5) is 0 Å². The van der Waals surface area contributed by atoms with E-state index in [2.05, 4.69) is 67.8 Å². The molecule has 3 aromatic rings. The number of carbonyl (C=O) groups is 3. The lowest BCUT2D eigenvalue weighted by Gasteiger charge is -2.30. The second-order valence-corrected chi connectivity index (χ2v) is 14.5. The van der Waals surface area contributed by atoms with Gasteiger partial charge < -0.3 is 14.2 Å². The van der Waals surface area contributed by atoms with Gasteiger partial charge in [0.05, 0.1) is 17.4 Å². The number of rotatable bonds is 5. The van der Waals surface area contributed by atoms with Crippen molar-refractivity contribution in [2.24, 2.45) is 23.7 Å². The lowest BCUT2D eigenvalue weighted by atomic mass is 9.78. The molecule has 9 nitrogen and oxygen atoms in total. The molecular weight excluding hydrogens is 869 g/mol. The summed E-state index contributed by atoms with van der Waals surface area (Å²) in [4.78, 5) is 39.3. The monoisotopic (exact) mass is 886 g/mol. The number of halogens is 3. The summed E-state index contributed by atoms with van der Waals surface area (Å²) in [7, 11) is -4.51. The molecule has 1 N–H and O–H groups in total. The third-order valence-electron chi connectivity index (χ3n) is 7.61. The Labute approximate surface area is 263 Å². The van der Waals surface area contributed by atoms with Gasteiger partial charge in [0.25, 0.3) is 10.1 Å². The molecule has 39 heavy (non-hydrogen) atoms. The van der Waals surface area contributed by atoms with Crippen LogP contribution in [0.1, 0.15) is 16.8 Å². The second kappa shape index (κ2) is 10.1. The van der Waals surface area contributed by atoms with Crippen LogP contribution in [0.15, 0.2) is 53.4 Å². The Hall–Kier alpha value is -1.57. The third kappa shape index (κ3) is 4.64. The van der Waals surface area contributed by atoms with Crippen LogP contribution in [-0.4, -0.2) is 43.1 Å². The normalized spacial score (nSPS) is 27.0. The summed E-state index contributed by atoms with van der Waals surface area (Å²) < 4.78 is 53.1. The van der Waals surface area contributed by atoms with Gasteiger partial charge in [-0.15, -0.1) is 0 Å². The summed E-state index contributed by atoms with van der Waals surface area (Å²) in [6, 6.07) is 12.4. The largest absolute Gasteiger partial charge is 0.458 e. The quantitative estimate of drug-likeness (QED) is 0.126. The van der Waals surface area contributed by atoms with Gasteiger partial charge >= 0.3 is 17.9 Å². The minimum atomic E-state index is -4.51. The van der Waals surface area contributed by atoms with E-state index in [0.717, 1.165) is 16.8 Å². The topological polar surface area (TPSA) is 133 Å². The van der Waals surface area contributed by atoms with E-state index in [1.165, 1.54) is 12.1 Å². The van der Waals surface area contributed by atoms with Gasteiger partial charge in [-0.25, -0.2) is 4.79 Å². The molecule has 0 radical (unpaired) electrons. The minimum absolute atomic E-state index is 0.0882. The maximum absolute atomic E-state index is 13.6. The Morgan fingerprint density at radius 2 is 1.72 bits per heavy atom. The molecule has 1 saturated heterocycles. The second-order valence-electron chi connectivity index (χ2n) is 9.64. The van der Waals surface area contributed by atoms with E-state index in [1.807, 2.05) is 6.07 Å². The average Bonchev–Trinajstić information content (AvgIpc) is 3.49. The molecule has 3 fully saturated rings. The first-order valence-electron chi connectivity index (χ1n) is 11.7. The zero-order chi connectivity index (χ0) is 27.8. The van der Waals surface area contributed by atoms with Gasteiger partial charge in [0, 0.05) is 33.3 Å². The summed E-state index contributed by atoms with van der Waals surface area (Å²) in [5, 5.41) is 0.494. The molecule has 2 aliphatic carbocycles. The average molecular weight is 886 g/mol. The fourth-order valence-corrected chi connectivity index (χ4v) is 9.17. The number of fused-ring (bicyclic) bond motifs is 2. The summed E-state index contributed by atoms with van der Waals surface area (Å²) in [5.41, 5.74) is 0.403. The van der Waals surface area contributed by atoms with Crippen molar-refractivity contribution in [2.75, 3.05) is 0 Å².